The Kier molecular flexibility index (Phi) is 4.06. The second-order valence-corrected chi connectivity index (χ2v) is 8.38. The zero-order chi connectivity index (χ0) is 17.6. The number of piperazine rings is 1. The Hall–Kier alpha value is -1.89. The summed E-state index contributed by atoms with van der Waals surface area (Å²) in [6, 6.07) is 13.9. The van der Waals surface area contributed by atoms with Crippen LogP contribution in [0.25, 0.3) is 11.1 Å². The summed E-state index contributed by atoms with van der Waals surface area (Å²) >= 11 is 0. The number of methoxy groups -OCH3 is 1. The zero-order valence-electron chi connectivity index (χ0n) is 14.5. The maximum Gasteiger partial charge on any atom is 0.246 e. The third kappa shape index (κ3) is 2.74. The molecule has 3 aliphatic rings. The van der Waals surface area contributed by atoms with E-state index in [1.807, 2.05) is 24.3 Å². The van der Waals surface area contributed by atoms with Gasteiger partial charge in [-0.2, -0.15) is 4.31 Å². The van der Waals surface area contributed by atoms with Crippen molar-refractivity contribution in [2.45, 2.75) is 17.9 Å². The second-order valence-electron chi connectivity index (χ2n) is 6.47. The topological polar surface area (TPSA) is 49.9 Å². The molecule has 1 aromatic rings. The molecule has 1 aliphatic heterocycles. The van der Waals surface area contributed by atoms with Crippen LogP contribution in [0.1, 0.15) is 18.5 Å². The summed E-state index contributed by atoms with van der Waals surface area (Å²) in [5.41, 5.74) is 3.05. The van der Waals surface area contributed by atoms with E-state index in [4.69, 9.17) is 4.74 Å². The highest BCUT2D eigenvalue weighted by Gasteiger charge is 2.38. The summed E-state index contributed by atoms with van der Waals surface area (Å²) in [6.45, 7) is 4.71. The van der Waals surface area contributed by atoms with Gasteiger partial charge in [-0.15, -0.1) is 0 Å². The first-order valence-corrected chi connectivity index (χ1v) is 10.0. The molecule has 0 radical (unpaired) electrons. The molecule has 1 heterocycles. The lowest BCUT2D eigenvalue weighted by Gasteiger charge is -2.40. The van der Waals surface area contributed by atoms with Gasteiger partial charge >= 0.3 is 0 Å². The molecule has 0 amide bonds. The van der Waals surface area contributed by atoms with Crippen LogP contribution in [0.15, 0.2) is 47.4 Å². The standard InChI is InChI=1S/C19H22N2O3S/c1-3-20-9-10-21(13-17(20)14-7-5-4-6-8-14)25(22,23)18-12-15-11-16(15)19(18)24-2/h4-8,11-12,17H,3,9-10,13H2,1-2H3. The van der Waals surface area contributed by atoms with Crippen molar-refractivity contribution in [3.8, 4) is 16.9 Å². The molecule has 5 nitrogen and oxygen atoms in total. The number of likely N-dealkylation sites (N-methyl/N-ethyl adjacent to an activating group) is 1. The fourth-order valence-electron chi connectivity index (χ4n) is 3.70. The SMILES string of the molecule is CCN1CCN(S(=O)(=O)c2cc3cc-3c2OC)CC1c1ccccc1. The predicted octanol–water partition coefficient (Wildman–Crippen LogP) is 2.74. The van der Waals surface area contributed by atoms with Crippen LogP contribution in [0.5, 0.6) is 5.75 Å². The fourth-order valence-corrected chi connectivity index (χ4v) is 5.34. The van der Waals surface area contributed by atoms with Crippen LogP contribution in [0.4, 0.5) is 0 Å². The van der Waals surface area contributed by atoms with E-state index in [0.717, 1.165) is 29.8 Å². The van der Waals surface area contributed by atoms with E-state index in [0.29, 0.717) is 23.7 Å². The smallest absolute Gasteiger partial charge is 0.246 e. The normalized spacial score (nSPS) is 20.5. The van der Waals surface area contributed by atoms with E-state index in [1.54, 1.807) is 10.4 Å². The molecule has 0 bridgehead atoms. The zero-order valence-corrected chi connectivity index (χ0v) is 15.3. The van der Waals surface area contributed by atoms with Gasteiger partial charge in [-0.3, -0.25) is 4.90 Å². The highest BCUT2D eigenvalue weighted by Crippen LogP contribution is 2.49. The predicted molar refractivity (Wildman–Crippen MR) is 97.2 cm³/mol. The van der Waals surface area contributed by atoms with Crippen molar-refractivity contribution in [1.29, 1.82) is 0 Å². The third-order valence-electron chi connectivity index (χ3n) is 5.15. The van der Waals surface area contributed by atoms with Crippen molar-refractivity contribution < 1.29 is 13.2 Å². The average Bonchev–Trinajstić information content (AvgIpc) is 3.32. The summed E-state index contributed by atoms with van der Waals surface area (Å²) in [6.07, 6.45) is 0. The van der Waals surface area contributed by atoms with Gasteiger partial charge in [-0.1, -0.05) is 37.3 Å². The molecule has 1 unspecified atom stereocenters. The van der Waals surface area contributed by atoms with Gasteiger partial charge in [-0.05, 0) is 29.8 Å². The number of hydrogen-bond donors (Lipinski definition) is 0. The summed E-state index contributed by atoms with van der Waals surface area (Å²) < 4.78 is 33.3. The Morgan fingerprint density at radius 2 is 1.92 bits per heavy atom. The lowest BCUT2D eigenvalue weighted by molar-refractivity contribution is 0.124. The van der Waals surface area contributed by atoms with Crippen molar-refractivity contribution in [1.82, 2.24) is 9.21 Å². The molecule has 4 rings (SSSR count). The van der Waals surface area contributed by atoms with Gasteiger partial charge in [0.2, 0.25) is 10.0 Å². The maximum atomic E-state index is 13.2. The highest BCUT2D eigenvalue weighted by molar-refractivity contribution is 7.89. The Balaban J connectivity index is 1.65. The molecule has 25 heavy (non-hydrogen) atoms. The monoisotopic (exact) mass is 358 g/mol. The highest BCUT2D eigenvalue weighted by atomic mass is 32.2. The minimum atomic E-state index is -3.55. The molecule has 1 aromatic carbocycles. The maximum absolute atomic E-state index is 13.2. The molecule has 1 fully saturated rings. The summed E-state index contributed by atoms with van der Waals surface area (Å²) in [5.74, 6) is 0.490. The minimum Gasteiger partial charge on any atom is -0.495 e. The van der Waals surface area contributed by atoms with Gasteiger partial charge in [0.25, 0.3) is 0 Å². The summed E-state index contributed by atoms with van der Waals surface area (Å²) in [4.78, 5) is 2.64. The third-order valence-corrected chi connectivity index (χ3v) is 7.02. The quantitative estimate of drug-likeness (QED) is 0.704. The summed E-state index contributed by atoms with van der Waals surface area (Å²) in [5, 5.41) is 0. The second kappa shape index (κ2) is 6.12. The van der Waals surface area contributed by atoms with Crippen LogP contribution >= 0.6 is 0 Å². The van der Waals surface area contributed by atoms with Crippen LogP contribution in [-0.4, -0.2) is 50.9 Å². The van der Waals surface area contributed by atoms with Gasteiger partial charge in [0, 0.05) is 31.2 Å². The molecule has 0 N–H and O–H groups in total. The number of fused-ring (bicyclic) bond motifs is 1. The molecule has 0 aromatic heterocycles. The lowest BCUT2D eigenvalue weighted by atomic mass is 10.0. The number of sulfonamides is 1. The molecule has 0 saturated carbocycles. The molecular weight excluding hydrogens is 336 g/mol. The van der Waals surface area contributed by atoms with Gasteiger partial charge < -0.3 is 4.74 Å². The first-order valence-electron chi connectivity index (χ1n) is 8.57. The van der Waals surface area contributed by atoms with Crippen molar-refractivity contribution >= 4 is 10.0 Å². The van der Waals surface area contributed by atoms with Gasteiger partial charge in [0.1, 0.15) is 10.6 Å². The van der Waals surface area contributed by atoms with Gasteiger partial charge in [-0.25, -0.2) is 8.42 Å². The van der Waals surface area contributed by atoms with Crippen LogP contribution in [-0.2, 0) is 10.0 Å². The molecule has 132 valence electrons. The Morgan fingerprint density at radius 1 is 1.16 bits per heavy atom. The Labute approximate surface area is 148 Å². The molecule has 2 aliphatic carbocycles. The number of nitrogens with zero attached hydrogens (tertiary/aromatic N) is 2. The first kappa shape index (κ1) is 16.6. The van der Waals surface area contributed by atoms with Crippen molar-refractivity contribution in [2.75, 3.05) is 33.3 Å². The van der Waals surface area contributed by atoms with Gasteiger partial charge in [0.15, 0.2) is 0 Å². The van der Waals surface area contributed by atoms with Crippen LogP contribution in [0, 0.1) is 0 Å². The molecule has 6 heteroatoms. The van der Waals surface area contributed by atoms with Crippen molar-refractivity contribution in [3.05, 3.63) is 48.0 Å². The van der Waals surface area contributed by atoms with Crippen LogP contribution in [0.3, 0.4) is 0 Å². The minimum absolute atomic E-state index is 0.0733. The van der Waals surface area contributed by atoms with Crippen molar-refractivity contribution in [3.63, 3.8) is 0 Å². The van der Waals surface area contributed by atoms with E-state index in [1.165, 1.54) is 7.11 Å². The summed E-state index contributed by atoms with van der Waals surface area (Å²) in [7, 11) is -2.02. The number of ether oxygens (including phenoxy) is 1. The van der Waals surface area contributed by atoms with E-state index in [9.17, 15) is 8.42 Å². The average molecular weight is 358 g/mol. The molecular formula is C19H22N2O3S. The molecule has 1 saturated heterocycles. The van der Waals surface area contributed by atoms with Gasteiger partial charge in [0.05, 0.1) is 7.11 Å². The first-order chi connectivity index (χ1) is 12.1. The van der Waals surface area contributed by atoms with E-state index >= 15 is 0 Å². The van der Waals surface area contributed by atoms with E-state index in [2.05, 4.69) is 24.0 Å². The van der Waals surface area contributed by atoms with Crippen LogP contribution < -0.4 is 4.74 Å². The number of benzene rings is 2. The lowest BCUT2D eigenvalue weighted by Crippen LogP contribution is -2.50. The molecule has 0 spiro atoms. The van der Waals surface area contributed by atoms with Crippen LogP contribution in [0.2, 0.25) is 0 Å². The number of rotatable bonds is 5. The van der Waals surface area contributed by atoms with Crippen molar-refractivity contribution in [2.24, 2.45) is 0 Å². The van der Waals surface area contributed by atoms with E-state index in [-0.39, 0.29) is 6.04 Å². The van der Waals surface area contributed by atoms with E-state index < -0.39 is 10.0 Å². The Bertz CT molecular complexity index is 896. The largest absolute Gasteiger partial charge is 0.495 e. The number of hydrogen-bond acceptors (Lipinski definition) is 4. The fraction of sp³-hybridized carbons (Fsp3) is 0.368. The Morgan fingerprint density at radius 3 is 2.60 bits per heavy atom. The molecule has 1 atom stereocenters.